The van der Waals surface area contributed by atoms with Gasteiger partial charge in [-0.15, -0.1) is 0 Å². The minimum atomic E-state index is -0.569. The summed E-state index contributed by atoms with van der Waals surface area (Å²) >= 11 is 0. The number of carbonyl (C=O) groups excluding carboxylic acids is 3. The second-order valence-corrected chi connectivity index (χ2v) is 7.20. The van der Waals surface area contributed by atoms with Crippen molar-refractivity contribution < 1.29 is 19.1 Å². The van der Waals surface area contributed by atoms with Crippen molar-refractivity contribution >= 4 is 29.2 Å². The summed E-state index contributed by atoms with van der Waals surface area (Å²) in [4.78, 5) is 38.3. The van der Waals surface area contributed by atoms with Crippen molar-refractivity contribution in [3.05, 3.63) is 59.2 Å². The van der Waals surface area contributed by atoms with Gasteiger partial charge in [0.15, 0.2) is 6.61 Å². The van der Waals surface area contributed by atoms with E-state index in [-0.39, 0.29) is 25.5 Å². The Balaban J connectivity index is 1.54. The van der Waals surface area contributed by atoms with Crippen molar-refractivity contribution in [3.8, 4) is 0 Å². The first-order valence-corrected chi connectivity index (χ1v) is 9.24. The fraction of sp³-hybridized carbons (Fsp3) is 0.318. The number of nitrogens with zero attached hydrogens (tertiary/aromatic N) is 1. The molecule has 2 aromatic rings. The summed E-state index contributed by atoms with van der Waals surface area (Å²) in [5, 5.41) is 2.69. The van der Waals surface area contributed by atoms with Crippen LogP contribution in [0.2, 0.25) is 0 Å². The van der Waals surface area contributed by atoms with Gasteiger partial charge >= 0.3 is 5.97 Å². The standard InChI is InChI=1S/C22H24N2O4/c1-14-5-4-6-18(9-14)23-20(25)13-28-22(27)17-11-21(26)24(12-17)19-8-7-15(2)16(3)10-19/h4-10,17H,11-13H2,1-3H3,(H,23,25)/t17-/m1/s1. The lowest BCUT2D eigenvalue weighted by molar-refractivity contribution is -0.151. The van der Waals surface area contributed by atoms with Gasteiger partial charge in [0.25, 0.3) is 5.91 Å². The van der Waals surface area contributed by atoms with E-state index in [2.05, 4.69) is 5.32 Å². The summed E-state index contributed by atoms with van der Waals surface area (Å²) in [5.41, 5.74) is 4.68. The van der Waals surface area contributed by atoms with Gasteiger partial charge in [0.1, 0.15) is 0 Å². The first-order chi connectivity index (χ1) is 13.3. The van der Waals surface area contributed by atoms with Crippen LogP contribution in [0.4, 0.5) is 11.4 Å². The van der Waals surface area contributed by atoms with Crippen LogP contribution in [0.5, 0.6) is 0 Å². The molecule has 1 fully saturated rings. The van der Waals surface area contributed by atoms with E-state index in [1.165, 1.54) is 0 Å². The van der Waals surface area contributed by atoms with Crippen LogP contribution < -0.4 is 10.2 Å². The largest absolute Gasteiger partial charge is 0.455 e. The van der Waals surface area contributed by atoms with E-state index in [1.54, 1.807) is 11.0 Å². The SMILES string of the molecule is Cc1cccc(NC(=O)COC(=O)[C@@H]2CC(=O)N(c3ccc(C)c(C)c3)C2)c1. The predicted molar refractivity (Wildman–Crippen MR) is 107 cm³/mol. The summed E-state index contributed by atoms with van der Waals surface area (Å²) < 4.78 is 5.14. The van der Waals surface area contributed by atoms with Crippen LogP contribution in [0.1, 0.15) is 23.1 Å². The molecule has 1 aliphatic heterocycles. The normalized spacial score (nSPS) is 16.2. The number of anilines is 2. The molecular weight excluding hydrogens is 356 g/mol. The zero-order valence-corrected chi connectivity index (χ0v) is 16.3. The van der Waals surface area contributed by atoms with Crippen molar-refractivity contribution in [1.29, 1.82) is 0 Å². The van der Waals surface area contributed by atoms with Crippen molar-refractivity contribution in [3.63, 3.8) is 0 Å². The minimum Gasteiger partial charge on any atom is -0.455 e. The molecule has 0 bridgehead atoms. The lowest BCUT2D eigenvalue weighted by atomic mass is 10.1. The highest BCUT2D eigenvalue weighted by Gasteiger charge is 2.36. The van der Waals surface area contributed by atoms with E-state index in [0.29, 0.717) is 5.69 Å². The third kappa shape index (κ3) is 4.57. The van der Waals surface area contributed by atoms with Crippen LogP contribution in [0, 0.1) is 26.7 Å². The molecule has 28 heavy (non-hydrogen) atoms. The molecule has 6 nitrogen and oxygen atoms in total. The Morgan fingerprint density at radius 3 is 2.61 bits per heavy atom. The Hall–Kier alpha value is -3.15. The van der Waals surface area contributed by atoms with E-state index >= 15 is 0 Å². The average Bonchev–Trinajstić information content (AvgIpc) is 3.04. The number of aryl methyl sites for hydroxylation is 3. The van der Waals surface area contributed by atoms with Crippen molar-refractivity contribution in [2.45, 2.75) is 27.2 Å². The number of nitrogens with one attached hydrogen (secondary N) is 1. The molecule has 2 amide bonds. The van der Waals surface area contributed by atoms with Gasteiger partial charge in [-0.1, -0.05) is 18.2 Å². The Kier molecular flexibility index (Phi) is 5.78. The van der Waals surface area contributed by atoms with E-state index in [9.17, 15) is 14.4 Å². The highest BCUT2D eigenvalue weighted by Crippen LogP contribution is 2.27. The first kappa shape index (κ1) is 19.6. The van der Waals surface area contributed by atoms with Crippen LogP contribution in [-0.4, -0.2) is 30.9 Å². The number of amides is 2. The van der Waals surface area contributed by atoms with Crippen molar-refractivity contribution in [2.75, 3.05) is 23.4 Å². The van der Waals surface area contributed by atoms with Gasteiger partial charge in [0.05, 0.1) is 5.92 Å². The molecule has 0 aliphatic carbocycles. The molecule has 6 heteroatoms. The summed E-state index contributed by atoms with van der Waals surface area (Å²) in [7, 11) is 0. The zero-order chi connectivity index (χ0) is 20.3. The fourth-order valence-electron chi connectivity index (χ4n) is 3.18. The Bertz CT molecular complexity index is 923. The summed E-state index contributed by atoms with van der Waals surface area (Å²) in [5.74, 6) is -1.62. The number of hydrogen-bond donors (Lipinski definition) is 1. The number of hydrogen-bond acceptors (Lipinski definition) is 4. The number of ether oxygens (including phenoxy) is 1. The van der Waals surface area contributed by atoms with Gasteiger partial charge in [0.2, 0.25) is 5.91 Å². The number of carbonyl (C=O) groups is 3. The average molecular weight is 380 g/mol. The smallest absolute Gasteiger partial charge is 0.311 e. The lowest BCUT2D eigenvalue weighted by Crippen LogP contribution is -2.28. The number of benzene rings is 2. The molecule has 1 heterocycles. The van der Waals surface area contributed by atoms with E-state index in [0.717, 1.165) is 22.4 Å². The van der Waals surface area contributed by atoms with Crippen molar-refractivity contribution in [2.24, 2.45) is 5.92 Å². The molecule has 1 atom stereocenters. The lowest BCUT2D eigenvalue weighted by Gasteiger charge is -2.17. The third-order valence-electron chi connectivity index (χ3n) is 4.91. The molecular formula is C22H24N2O4. The molecule has 1 aliphatic rings. The Labute approximate surface area is 164 Å². The fourth-order valence-corrected chi connectivity index (χ4v) is 3.18. The molecule has 0 aromatic heterocycles. The van der Waals surface area contributed by atoms with Crippen LogP contribution in [0.3, 0.4) is 0 Å². The van der Waals surface area contributed by atoms with Crippen LogP contribution in [0.25, 0.3) is 0 Å². The van der Waals surface area contributed by atoms with Gasteiger partial charge < -0.3 is 15.0 Å². The minimum absolute atomic E-state index is 0.0885. The number of rotatable bonds is 5. The van der Waals surface area contributed by atoms with E-state index < -0.39 is 17.8 Å². The summed E-state index contributed by atoms with van der Waals surface area (Å²) in [6, 6.07) is 13.1. The molecule has 0 radical (unpaired) electrons. The van der Waals surface area contributed by atoms with Gasteiger partial charge in [-0.05, 0) is 61.7 Å². The van der Waals surface area contributed by atoms with Crippen LogP contribution in [-0.2, 0) is 19.1 Å². The second kappa shape index (κ2) is 8.25. The van der Waals surface area contributed by atoms with Crippen LogP contribution >= 0.6 is 0 Å². The maximum Gasteiger partial charge on any atom is 0.311 e. The molecule has 1 saturated heterocycles. The molecule has 3 rings (SSSR count). The maximum absolute atomic E-state index is 12.3. The number of esters is 1. The monoisotopic (exact) mass is 380 g/mol. The van der Waals surface area contributed by atoms with Crippen LogP contribution in [0.15, 0.2) is 42.5 Å². The molecule has 1 N–H and O–H groups in total. The molecule has 0 saturated carbocycles. The van der Waals surface area contributed by atoms with Gasteiger partial charge in [0, 0.05) is 24.3 Å². The highest BCUT2D eigenvalue weighted by molar-refractivity contribution is 6.00. The topological polar surface area (TPSA) is 75.7 Å². The molecule has 0 unspecified atom stereocenters. The summed E-state index contributed by atoms with van der Waals surface area (Å²) in [6.07, 6.45) is 0.0885. The molecule has 2 aromatic carbocycles. The molecule has 146 valence electrons. The first-order valence-electron chi connectivity index (χ1n) is 9.24. The summed E-state index contributed by atoms with van der Waals surface area (Å²) in [6.45, 7) is 5.81. The van der Waals surface area contributed by atoms with Gasteiger partial charge in [-0.2, -0.15) is 0 Å². The molecule has 0 spiro atoms. The predicted octanol–water partition coefficient (Wildman–Crippen LogP) is 3.15. The maximum atomic E-state index is 12.3. The van der Waals surface area contributed by atoms with Gasteiger partial charge in [-0.3, -0.25) is 14.4 Å². The third-order valence-corrected chi connectivity index (χ3v) is 4.91. The Morgan fingerprint density at radius 1 is 1.11 bits per heavy atom. The van der Waals surface area contributed by atoms with Gasteiger partial charge in [-0.25, -0.2) is 0 Å². The quantitative estimate of drug-likeness (QED) is 0.809. The van der Waals surface area contributed by atoms with Crippen molar-refractivity contribution in [1.82, 2.24) is 0 Å². The van der Waals surface area contributed by atoms with E-state index in [1.807, 2.05) is 57.2 Å². The second-order valence-electron chi connectivity index (χ2n) is 7.20. The zero-order valence-electron chi connectivity index (χ0n) is 16.3. The van der Waals surface area contributed by atoms with E-state index in [4.69, 9.17) is 4.74 Å². The Morgan fingerprint density at radius 2 is 1.89 bits per heavy atom. The highest BCUT2D eigenvalue weighted by atomic mass is 16.5.